The van der Waals surface area contributed by atoms with E-state index in [2.05, 4.69) is 0 Å². The van der Waals surface area contributed by atoms with E-state index in [1.54, 1.807) is 0 Å². The number of nitrogens with zero attached hydrogens (tertiary/aromatic N) is 2. The van der Waals surface area contributed by atoms with Crippen molar-refractivity contribution >= 4 is 21.4 Å². The minimum atomic E-state index is -3.32. The second-order valence-electron chi connectivity index (χ2n) is 4.06. The molecule has 0 saturated heterocycles. The van der Waals surface area contributed by atoms with Gasteiger partial charge in [0.1, 0.15) is 0 Å². The van der Waals surface area contributed by atoms with Gasteiger partial charge in [-0.2, -0.15) is 0 Å². The van der Waals surface area contributed by atoms with Gasteiger partial charge in [-0.1, -0.05) is 0 Å². The lowest BCUT2D eigenvalue weighted by molar-refractivity contribution is -0.384. The molecule has 2 rings (SSSR count). The number of hydrogen-bond donors (Lipinski definition) is 0. The van der Waals surface area contributed by atoms with Gasteiger partial charge in [-0.15, -0.1) is 0 Å². The second-order valence-corrected chi connectivity index (χ2v) is 5.92. The van der Waals surface area contributed by atoms with Crippen LogP contribution in [0.25, 0.3) is 0 Å². The average Bonchev–Trinajstić information content (AvgIpc) is 3.01. The van der Waals surface area contributed by atoms with Crippen LogP contribution in [0.1, 0.15) is 12.8 Å². The highest BCUT2D eigenvalue weighted by atomic mass is 32.2. The van der Waals surface area contributed by atoms with Crippen molar-refractivity contribution in [3.8, 4) is 0 Å². The Morgan fingerprint density at radius 3 is 2.18 bits per heavy atom. The maximum Gasteiger partial charge on any atom is 0.269 e. The number of nitro groups is 1. The summed E-state index contributed by atoms with van der Waals surface area (Å²) in [6, 6.07) is 5.58. The Balaban J connectivity index is 2.34. The van der Waals surface area contributed by atoms with Crippen LogP contribution in [0.3, 0.4) is 0 Å². The molecule has 0 bridgehead atoms. The van der Waals surface area contributed by atoms with E-state index in [9.17, 15) is 18.5 Å². The van der Waals surface area contributed by atoms with E-state index in [1.807, 2.05) is 0 Å². The van der Waals surface area contributed by atoms with E-state index in [1.165, 1.54) is 28.6 Å². The van der Waals surface area contributed by atoms with Gasteiger partial charge >= 0.3 is 0 Å². The number of non-ortho nitro benzene ring substituents is 1. The fourth-order valence-electron chi connectivity index (χ4n) is 1.70. The van der Waals surface area contributed by atoms with Crippen molar-refractivity contribution in [3.05, 3.63) is 34.4 Å². The van der Waals surface area contributed by atoms with Crippen molar-refractivity contribution in [3.63, 3.8) is 0 Å². The summed E-state index contributed by atoms with van der Waals surface area (Å²) in [5.74, 6) is 0. The summed E-state index contributed by atoms with van der Waals surface area (Å²) < 4.78 is 24.6. The van der Waals surface area contributed by atoms with Crippen LogP contribution in [0.15, 0.2) is 24.3 Å². The van der Waals surface area contributed by atoms with E-state index < -0.39 is 14.9 Å². The van der Waals surface area contributed by atoms with E-state index in [0.717, 1.165) is 19.1 Å². The van der Waals surface area contributed by atoms with Gasteiger partial charge in [-0.3, -0.25) is 14.4 Å². The van der Waals surface area contributed by atoms with Crippen LogP contribution in [0.5, 0.6) is 0 Å². The second kappa shape index (κ2) is 3.99. The van der Waals surface area contributed by atoms with Crippen LogP contribution in [0.4, 0.5) is 11.4 Å². The van der Waals surface area contributed by atoms with Crippen molar-refractivity contribution in [2.24, 2.45) is 0 Å². The highest BCUT2D eigenvalue weighted by molar-refractivity contribution is 7.92. The van der Waals surface area contributed by atoms with Crippen molar-refractivity contribution in [1.82, 2.24) is 0 Å². The zero-order valence-corrected chi connectivity index (χ0v) is 10.1. The van der Waals surface area contributed by atoms with Crippen molar-refractivity contribution in [1.29, 1.82) is 0 Å². The summed E-state index contributed by atoms with van der Waals surface area (Å²) in [7, 11) is -3.32. The van der Waals surface area contributed by atoms with Crippen LogP contribution in [-0.4, -0.2) is 25.6 Å². The standard InChI is InChI=1S/C10H12N2O4S/c1-17(15,16)11(8-2-3-8)9-4-6-10(7-5-9)12(13)14/h4-8H,2-3H2,1H3. The first-order chi connectivity index (χ1) is 7.89. The Morgan fingerprint density at radius 1 is 1.29 bits per heavy atom. The van der Waals surface area contributed by atoms with E-state index >= 15 is 0 Å². The highest BCUT2D eigenvalue weighted by Crippen LogP contribution is 2.34. The van der Waals surface area contributed by atoms with Crippen LogP contribution < -0.4 is 4.31 Å². The zero-order valence-electron chi connectivity index (χ0n) is 9.24. The van der Waals surface area contributed by atoms with Crippen LogP contribution in [0, 0.1) is 10.1 Å². The Hall–Kier alpha value is -1.63. The molecule has 17 heavy (non-hydrogen) atoms. The number of benzene rings is 1. The maximum atomic E-state index is 11.6. The minimum Gasteiger partial charge on any atom is -0.267 e. The summed E-state index contributed by atoms with van der Waals surface area (Å²) in [4.78, 5) is 9.99. The molecule has 1 aliphatic carbocycles. The highest BCUT2D eigenvalue weighted by Gasteiger charge is 2.35. The van der Waals surface area contributed by atoms with Gasteiger partial charge in [0.2, 0.25) is 10.0 Å². The lowest BCUT2D eigenvalue weighted by atomic mass is 10.3. The molecule has 1 aromatic carbocycles. The molecule has 1 fully saturated rings. The molecule has 1 aromatic rings. The van der Waals surface area contributed by atoms with Gasteiger partial charge in [0.25, 0.3) is 5.69 Å². The van der Waals surface area contributed by atoms with E-state index in [-0.39, 0.29) is 11.7 Å². The summed E-state index contributed by atoms with van der Waals surface area (Å²) >= 11 is 0. The fourth-order valence-corrected chi connectivity index (χ4v) is 2.96. The van der Waals surface area contributed by atoms with E-state index in [4.69, 9.17) is 0 Å². The Labute approximate surface area is 99.1 Å². The predicted octanol–water partition coefficient (Wildman–Crippen LogP) is 1.52. The normalized spacial score (nSPS) is 15.6. The first-order valence-corrected chi connectivity index (χ1v) is 6.98. The van der Waals surface area contributed by atoms with E-state index in [0.29, 0.717) is 5.69 Å². The smallest absolute Gasteiger partial charge is 0.267 e. The van der Waals surface area contributed by atoms with Gasteiger partial charge in [-0.25, -0.2) is 8.42 Å². The number of rotatable bonds is 4. The summed E-state index contributed by atoms with van der Waals surface area (Å²) in [5, 5.41) is 10.5. The number of anilines is 1. The monoisotopic (exact) mass is 256 g/mol. The van der Waals surface area contributed by atoms with Gasteiger partial charge in [-0.05, 0) is 25.0 Å². The molecular formula is C10H12N2O4S. The first-order valence-electron chi connectivity index (χ1n) is 5.13. The van der Waals surface area contributed by atoms with Crippen LogP contribution >= 0.6 is 0 Å². The fraction of sp³-hybridized carbons (Fsp3) is 0.400. The molecule has 0 spiro atoms. The largest absolute Gasteiger partial charge is 0.269 e. The quantitative estimate of drug-likeness (QED) is 0.604. The number of nitro benzene ring substituents is 1. The lowest BCUT2D eigenvalue weighted by Crippen LogP contribution is -2.31. The third kappa shape index (κ3) is 2.55. The molecule has 7 heteroatoms. The number of sulfonamides is 1. The minimum absolute atomic E-state index is 0.00598. The van der Waals surface area contributed by atoms with Crippen molar-refractivity contribution < 1.29 is 13.3 Å². The molecular weight excluding hydrogens is 244 g/mol. The molecule has 1 aliphatic rings. The molecule has 0 atom stereocenters. The van der Waals surface area contributed by atoms with Crippen molar-refractivity contribution in [2.75, 3.05) is 10.6 Å². The molecule has 0 radical (unpaired) electrons. The summed E-state index contributed by atoms with van der Waals surface area (Å²) in [6.07, 6.45) is 2.82. The average molecular weight is 256 g/mol. The van der Waals surface area contributed by atoms with Crippen LogP contribution in [-0.2, 0) is 10.0 Å². The topological polar surface area (TPSA) is 80.5 Å². The molecule has 92 valence electrons. The maximum absolute atomic E-state index is 11.6. The van der Waals surface area contributed by atoms with Crippen molar-refractivity contribution in [2.45, 2.75) is 18.9 Å². The van der Waals surface area contributed by atoms with Gasteiger partial charge < -0.3 is 0 Å². The zero-order chi connectivity index (χ0) is 12.6. The number of hydrogen-bond acceptors (Lipinski definition) is 4. The molecule has 0 aliphatic heterocycles. The third-order valence-corrected chi connectivity index (χ3v) is 3.77. The molecule has 0 N–H and O–H groups in total. The Bertz CT molecular complexity index is 534. The van der Waals surface area contributed by atoms with Gasteiger partial charge in [0, 0.05) is 18.2 Å². The predicted molar refractivity (Wildman–Crippen MR) is 63.4 cm³/mol. The molecule has 0 amide bonds. The van der Waals surface area contributed by atoms with Crippen LogP contribution in [0.2, 0.25) is 0 Å². The van der Waals surface area contributed by atoms with Gasteiger partial charge in [0.15, 0.2) is 0 Å². The Kier molecular flexibility index (Phi) is 2.78. The SMILES string of the molecule is CS(=O)(=O)N(c1ccc([N+](=O)[O-])cc1)C1CC1. The summed E-state index contributed by atoms with van der Waals surface area (Å²) in [6.45, 7) is 0. The molecule has 0 unspecified atom stereocenters. The summed E-state index contributed by atoms with van der Waals surface area (Å²) in [5.41, 5.74) is 0.443. The molecule has 0 aromatic heterocycles. The van der Waals surface area contributed by atoms with Gasteiger partial charge in [0.05, 0.1) is 16.9 Å². The molecule has 1 saturated carbocycles. The Morgan fingerprint density at radius 2 is 1.82 bits per heavy atom. The lowest BCUT2D eigenvalue weighted by Gasteiger charge is -2.21. The molecule has 6 nitrogen and oxygen atoms in total. The molecule has 0 heterocycles. The third-order valence-electron chi connectivity index (χ3n) is 2.55. The first kappa shape index (κ1) is 11.8.